The molecule has 29 heavy (non-hydrogen) atoms. The number of nitro benzene ring substituents is 1. The first-order valence-electron chi connectivity index (χ1n) is 7.85. The summed E-state index contributed by atoms with van der Waals surface area (Å²) in [5, 5.41) is 34.6. The first-order valence-corrected chi connectivity index (χ1v) is 7.85. The molecule has 0 aliphatic carbocycles. The number of ether oxygens (including phenoxy) is 1. The second-order valence-electron chi connectivity index (χ2n) is 5.37. The van der Waals surface area contributed by atoms with E-state index in [1.165, 1.54) is 24.3 Å². The lowest BCUT2D eigenvalue weighted by molar-refractivity contribution is -0.742. The van der Waals surface area contributed by atoms with Crippen LogP contribution in [0.2, 0.25) is 0 Å². The number of halogens is 1. The van der Waals surface area contributed by atoms with E-state index in [0.29, 0.717) is 5.56 Å². The quantitative estimate of drug-likeness (QED) is 0.372. The van der Waals surface area contributed by atoms with E-state index < -0.39 is 33.2 Å². The average molecular weight is 408 g/mol. The SMILES string of the molecule is CCOC(=O)c1c(-c2ccc(F)cc2)oc2cc([N+](=O)[O-])c(O)cc12.O=[N+]([O-])O. The highest BCUT2D eigenvalue weighted by Gasteiger charge is 2.26. The Morgan fingerprint density at radius 2 is 1.79 bits per heavy atom. The Kier molecular flexibility index (Phi) is 6.29. The van der Waals surface area contributed by atoms with Gasteiger partial charge < -0.3 is 19.5 Å². The number of benzene rings is 2. The van der Waals surface area contributed by atoms with E-state index in [-0.39, 0.29) is 28.9 Å². The summed E-state index contributed by atoms with van der Waals surface area (Å²) in [7, 11) is 0. The van der Waals surface area contributed by atoms with Crippen molar-refractivity contribution in [2.75, 3.05) is 6.61 Å². The predicted molar refractivity (Wildman–Crippen MR) is 94.7 cm³/mol. The van der Waals surface area contributed by atoms with E-state index in [4.69, 9.17) is 24.5 Å². The van der Waals surface area contributed by atoms with Crippen molar-refractivity contribution in [1.29, 1.82) is 0 Å². The molecule has 0 fully saturated rings. The highest BCUT2D eigenvalue weighted by Crippen LogP contribution is 2.39. The molecule has 0 atom stereocenters. The molecule has 0 spiro atoms. The van der Waals surface area contributed by atoms with Crippen LogP contribution >= 0.6 is 0 Å². The summed E-state index contributed by atoms with van der Waals surface area (Å²) < 4.78 is 23.8. The second-order valence-corrected chi connectivity index (χ2v) is 5.37. The van der Waals surface area contributed by atoms with Crippen molar-refractivity contribution in [3.63, 3.8) is 0 Å². The number of rotatable bonds is 4. The van der Waals surface area contributed by atoms with Gasteiger partial charge in [-0.1, -0.05) is 0 Å². The molecule has 2 N–H and O–H groups in total. The molecule has 0 aliphatic rings. The van der Waals surface area contributed by atoms with Crippen molar-refractivity contribution in [1.82, 2.24) is 0 Å². The van der Waals surface area contributed by atoms with Crippen molar-refractivity contribution in [2.45, 2.75) is 6.92 Å². The van der Waals surface area contributed by atoms with Crippen LogP contribution in [0.15, 0.2) is 40.8 Å². The van der Waals surface area contributed by atoms with Gasteiger partial charge in [-0.15, -0.1) is 10.1 Å². The monoisotopic (exact) mass is 408 g/mol. The van der Waals surface area contributed by atoms with Crippen LogP contribution in [0.25, 0.3) is 22.3 Å². The first-order chi connectivity index (χ1) is 13.6. The normalized spacial score (nSPS) is 10.1. The van der Waals surface area contributed by atoms with Gasteiger partial charge in [0.25, 0.3) is 5.09 Å². The number of aromatic hydroxyl groups is 1. The minimum atomic E-state index is -1.50. The Morgan fingerprint density at radius 3 is 2.31 bits per heavy atom. The molecule has 0 radical (unpaired) electrons. The fourth-order valence-electron chi connectivity index (χ4n) is 2.48. The molecular formula is C17H13FN2O9. The number of hydrogen-bond acceptors (Lipinski definition) is 8. The molecule has 0 aliphatic heterocycles. The zero-order valence-electron chi connectivity index (χ0n) is 14.7. The van der Waals surface area contributed by atoms with Crippen LogP contribution in [0.4, 0.5) is 10.1 Å². The lowest BCUT2D eigenvalue weighted by Gasteiger charge is -2.03. The molecule has 11 nitrogen and oxygen atoms in total. The van der Waals surface area contributed by atoms with Crippen LogP contribution in [0.5, 0.6) is 5.75 Å². The van der Waals surface area contributed by atoms with E-state index in [0.717, 1.165) is 12.1 Å². The molecule has 3 rings (SSSR count). The Labute approximate surface area is 160 Å². The molecular weight excluding hydrogens is 395 g/mol. The lowest BCUT2D eigenvalue weighted by atomic mass is 10.0. The highest BCUT2D eigenvalue weighted by atomic mass is 19.1. The summed E-state index contributed by atoms with van der Waals surface area (Å²) in [6, 6.07) is 7.31. The van der Waals surface area contributed by atoms with Gasteiger partial charge in [0.15, 0.2) is 5.75 Å². The van der Waals surface area contributed by atoms with Gasteiger partial charge in [-0.25, -0.2) is 9.18 Å². The number of phenols is 1. The summed E-state index contributed by atoms with van der Waals surface area (Å²) in [6.45, 7) is 1.73. The predicted octanol–water partition coefficient (Wildman–Crippen LogP) is 3.68. The van der Waals surface area contributed by atoms with Gasteiger partial charge in [0.1, 0.15) is 22.7 Å². The summed E-state index contributed by atoms with van der Waals surface area (Å²) >= 11 is 0. The molecule has 1 heterocycles. The van der Waals surface area contributed by atoms with Gasteiger partial charge in [0.05, 0.1) is 17.6 Å². The fourth-order valence-corrected chi connectivity index (χ4v) is 2.48. The Bertz CT molecular complexity index is 1070. The molecule has 0 unspecified atom stereocenters. The van der Waals surface area contributed by atoms with Crippen LogP contribution in [0.1, 0.15) is 17.3 Å². The number of furan rings is 1. The zero-order valence-corrected chi connectivity index (χ0v) is 14.7. The van der Waals surface area contributed by atoms with Gasteiger partial charge >= 0.3 is 11.7 Å². The van der Waals surface area contributed by atoms with Crippen LogP contribution < -0.4 is 0 Å². The Morgan fingerprint density at radius 1 is 1.21 bits per heavy atom. The highest BCUT2D eigenvalue weighted by molar-refractivity contribution is 6.09. The summed E-state index contributed by atoms with van der Waals surface area (Å²) in [5.74, 6) is -1.71. The minimum absolute atomic E-state index is 0.00801. The molecule has 152 valence electrons. The number of phenolic OH excluding ortho intramolecular Hbond substituents is 1. The topological polar surface area (TPSA) is 166 Å². The summed E-state index contributed by atoms with van der Waals surface area (Å²) in [6.07, 6.45) is 0. The third kappa shape index (κ3) is 4.74. The Balaban J connectivity index is 0.000000687. The number of carbonyl (C=O) groups excluding carboxylic acids is 1. The standard InChI is InChI=1S/C17H12FNO6.HNO3/c1-2-24-17(21)15-11-7-13(20)12(19(22)23)8-14(11)25-16(15)9-3-5-10(18)6-4-9;2-1(3)4/h3-8,20H,2H2,1H3;(H,2,3,4). The number of nitro groups is 1. The first kappa shape index (κ1) is 21.1. The van der Waals surface area contributed by atoms with Gasteiger partial charge in [-0.2, -0.15) is 0 Å². The molecule has 12 heteroatoms. The van der Waals surface area contributed by atoms with E-state index in [9.17, 15) is 24.4 Å². The third-order valence-corrected chi connectivity index (χ3v) is 3.57. The minimum Gasteiger partial charge on any atom is -0.502 e. The summed E-state index contributed by atoms with van der Waals surface area (Å²) in [4.78, 5) is 30.9. The lowest BCUT2D eigenvalue weighted by Crippen LogP contribution is -2.05. The van der Waals surface area contributed by atoms with Crippen LogP contribution in [0.3, 0.4) is 0 Å². The van der Waals surface area contributed by atoms with E-state index >= 15 is 0 Å². The zero-order chi connectivity index (χ0) is 21.7. The summed E-state index contributed by atoms with van der Waals surface area (Å²) in [5.41, 5.74) is -0.120. The molecule has 0 bridgehead atoms. The second kappa shape index (κ2) is 8.65. The van der Waals surface area contributed by atoms with Gasteiger partial charge in [0.2, 0.25) is 0 Å². The third-order valence-electron chi connectivity index (χ3n) is 3.57. The fraction of sp³-hybridized carbons (Fsp3) is 0.118. The number of hydrogen-bond donors (Lipinski definition) is 2. The molecule has 1 aromatic heterocycles. The van der Waals surface area contributed by atoms with Gasteiger partial charge in [-0.05, 0) is 37.3 Å². The van der Waals surface area contributed by atoms with E-state index in [2.05, 4.69) is 0 Å². The molecule has 0 saturated heterocycles. The van der Waals surface area contributed by atoms with Crippen molar-refractivity contribution in [3.05, 3.63) is 68.0 Å². The number of fused-ring (bicyclic) bond motifs is 1. The number of esters is 1. The maximum Gasteiger partial charge on any atom is 0.342 e. The molecule has 3 aromatic rings. The van der Waals surface area contributed by atoms with Crippen molar-refractivity contribution in [3.8, 4) is 17.1 Å². The Hall–Kier alpha value is -4.22. The number of nitrogens with zero attached hydrogens (tertiary/aromatic N) is 2. The van der Waals surface area contributed by atoms with Crippen molar-refractivity contribution >= 4 is 22.6 Å². The van der Waals surface area contributed by atoms with Crippen LogP contribution in [0, 0.1) is 26.0 Å². The van der Waals surface area contributed by atoms with Gasteiger partial charge in [-0.3, -0.25) is 10.1 Å². The number of carbonyl (C=O) groups is 1. The molecule has 0 amide bonds. The maximum absolute atomic E-state index is 13.2. The molecule has 0 saturated carbocycles. The van der Waals surface area contributed by atoms with Crippen LogP contribution in [-0.2, 0) is 4.74 Å². The largest absolute Gasteiger partial charge is 0.502 e. The van der Waals surface area contributed by atoms with Crippen molar-refractivity contribution < 1.29 is 38.7 Å². The molecule has 2 aromatic carbocycles. The maximum atomic E-state index is 13.2. The smallest absolute Gasteiger partial charge is 0.342 e. The van der Waals surface area contributed by atoms with E-state index in [1.807, 2.05) is 0 Å². The van der Waals surface area contributed by atoms with Crippen molar-refractivity contribution in [2.24, 2.45) is 0 Å². The van der Waals surface area contributed by atoms with Crippen LogP contribution in [-0.4, -0.2) is 32.9 Å². The van der Waals surface area contributed by atoms with Gasteiger partial charge in [0, 0.05) is 10.9 Å². The average Bonchev–Trinajstić information content (AvgIpc) is 2.99. The van der Waals surface area contributed by atoms with E-state index in [1.54, 1.807) is 6.92 Å².